The first-order valence-electron chi connectivity index (χ1n) is 7.22. The van der Waals surface area contributed by atoms with Crippen molar-refractivity contribution in [3.05, 3.63) is 52.8 Å². The lowest BCUT2D eigenvalue weighted by Gasteiger charge is -2.08. The predicted octanol–water partition coefficient (Wildman–Crippen LogP) is 4.32. The average Bonchev–Trinajstić information content (AvgIpc) is 3.09. The van der Waals surface area contributed by atoms with Gasteiger partial charge in [0.1, 0.15) is 11.3 Å². The van der Waals surface area contributed by atoms with Gasteiger partial charge in [-0.1, -0.05) is 23.2 Å². The number of rotatable bonds is 3. The topological polar surface area (TPSA) is 100.0 Å². The monoisotopic (exact) mass is 402 g/mol. The van der Waals surface area contributed by atoms with Crippen molar-refractivity contribution in [2.24, 2.45) is 0 Å². The number of phenolic OH excluding ortho intramolecular Hbond substituents is 1. The number of oxazole rings is 1. The van der Waals surface area contributed by atoms with Gasteiger partial charge in [0, 0.05) is 31.4 Å². The van der Waals surface area contributed by atoms with Crippen LogP contribution in [0.1, 0.15) is 0 Å². The Balaban J connectivity index is 0.000000199. The lowest BCUT2D eigenvalue weighted by molar-refractivity contribution is -0.252. The van der Waals surface area contributed by atoms with E-state index in [1.165, 1.54) is 39.9 Å². The summed E-state index contributed by atoms with van der Waals surface area (Å²) in [6.45, 7) is -0.514. The molecule has 0 aliphatic rings. The fourth-order valence-corrected chi connectivity index (χ4v) is 1.99. The molecule has 0 radical (unpaired) electrons. The van der Waals surface area contributed by atoms with Crippen molar-refractivity contribution in [2.75, 3.05) is 27.1 Å². The van der Waals surface area contributed by atoms with Gasteiger partial charge in [0.2, 0.25) is 0 Å². The number of benzene rings is 2. The lowest BCUT2D eigenvalue weighted by Crippen LogP contribution is -2.14. The summed E-state index contributed by atoms with van der Waals surface area (Å²) in [6.07, 6.45) is 1.40. The standard InChI is InChI=1S/C7H4ClNO.C6H6ClNO.C4H10O3/c8-5-1-2-7-6(3-5)9-4-10-7;7-4-1-2-6(9)5(8)3-4;1-5-4(6-2)7-3/h1-4H;1-3,9H,8H2;4H,1-3H3. The van der Waals surface area contributed by atoms with Crippen LogP contribution >= 0.6 is 23.2 Å². The van der Waals surface area contributed by atoms with Crippen molar-refractivity contribution < 1.29 is 23.7 Å². The van der Waals surface area contributed by atoms with Gasteiger partial charge in [0.25, 0.3) is 6.48 Å². The number of aromatic hydroxyl groups is 1. The third-order valence-corrected chi connectivity index (χ3v) is 3.33. The van der Waals surface area contributed by atoms with E-state index in [1.54, 1.807) is 24.3 Å². The maximum Gasteiger partial charge on any atom is 0.270 e. The van der Waals surface area contributed by atoms with Crippen LogP contribution in [-0.2, 0) is 14.2 Å². The Morgan fingerprint density at radius 3 is 2.08 bits per heavy atom. The number of fused-ring (bicyclic) bond motifs is 1. The smallest absolute Gasteiger partial charge is 0.270 e. The molecule has 9 heteroatoms. The minimum Gasteiger partial charge on any atom is -0.506 e. The van der Waals surface area contributed by atoms with Crippen LogP contribution in [-0.4, -0.2) is 37.9 Å². The quantitative estimate of drug-likeness (QED) is 0.382. The molecule has 1 heterocycles. The number of nitrogens with zero attached hydrogens (tertiary/aromatic N) is 1. The first kappa shape index (κ1) is 22.0. The maximum atomic E-state index is 8.86. The number of aromatic nitrogens is 1. The van der Waals surface area contributed by atoms with E-state index in [9.17, 15) is 0 Å². The van der Waals surface area contributed by atoms with Crippen LogP contribution in [0, 0.1) is 0 Å². The van der Waals surface area contributed by atoms with Crippen LogP contribution in [0.25, 0.3) is 11.1 Å². The number of ether oxygens (including phenoxy) is 3. The molecule has 1 aromatic heterocycles. The number of halogens is 2. The van der Waals surface area contributed by atoms with Gasteiger partial charge in [-0.25, -0.2) is 4.98 Å². The van der Waals surface area contributed by atoms with Crippen LogP contribution in [0.3, 0.4) is 0 Å². The second-order valence-corrected chi connectivity index (χ2v) is 5.54. The molecule has 0 saturated carbocycles. The summed E-state index contributed by atoms with van der Waals surface area (Å²) in [5.74, 6) is 0.0689. The molecule has 0 spiro atoms. The molecule has 0 atom stereocenters. The molecule has 0 saturated heterocycles. The van der Waals surface area contributed by atoms with Crippen molar-refractivity contribution >= 4 is 40.0 Å². The van der Waals surface area contributed by atoms with Crippen LogP contribution in [0.2, 0.25) is 10.0 Å². The zero-order valence-corrected chi connectivity index (χ0v) is 16.0. The van der Waals surface area contributed by atoms with Crippen molar-refractivity contribution in [3.8, 4) is 5.75 Å². The molecule has 26 heavy (non-hydrogen) atoms. The molecule has 0 aliphatic heterocycles. The van der Waals surface area contributed by atoms with Crippen molar-refractivity contribution in [2.45, 2.75) is 6.48 Å². The Labute approximate surface area is 161 Å². The first-order chi connectivity index (χ1) is 12.4. The number of nitrogens with two attached hydrogens (primary N) is 1. The number of phenols is 1. The van der Waals surface area contributed by atoms with Gasteiger partial charge in [-0.05, 0) is 36.4 Å². The molecule has 0 amide bonds. The highest BCUT2D eigenvalue weighted by atomic mass is 35.5. The lowest BCUT2D eigenvalue weighted by atomic mass is 10.3. The van der Waals surface area contributed by atoms with E-state index in [-0.39, 0.29) is 5.75 Å². The third kappa shape index (κ3) is 7.47. The highest BCUT2D eigenvalue weighted by molar-refractivity contribution is 6.31. The highest BCUT2D eigenvalue weighted by Crippen LogP contribution is 2.22. The van der Waals surface area contributed by atoms with Gasteiger partial charge in [0.05, 0.1) is 5.69 Å². The molecule has 2 aromatic carbocycles. The molecular formula is C17H20Cl2N2O5. The SMILES string of the molecule is COC(OC)OC.Clc1ccc2ocnc2c1.Nc1cc(Cl)ccc1O. The predicted molar refractivity (Wildman–Crippen MR) is 101 cm³/mol. The van der Waals surface area contributed by atoms with E-state index in [1.807, 2.05) is 0 Å². The summed E-state index contributed by atoms with van der Waals surface area (Å²) in [6, 6.07) is 9.86. The Morgan fingerprint density at radius 2 is 1.58 bits per heavy atom. The van der Waals surface area contributed by atoms with E-state index >= 15 is 0 Å². The highest BCUT2D eigenvalue weighted by Gasteiger charge is 1.97. The second-order valence-electron chi connectivity index (χ2n) is 4.66. The summed E-state index contributed by atoms with van der Waals surface area (Å²) in [5.41, 5.74) is 7.16. The zero-order chi connectivity index (χ0) is 19.5. The molecule has 142 valence electrons. The van der Waals surface area contributed by atoms with Gasteiger partial charge < -0.3 is 29.5 Å². The van der Waals surface area contributed by atoms with Crippen molar-refractivity contribution in [3.63, 3.8) is 0 Å². The van der Waals surface area contributed by atoms with Gasteiger partial charge in [-0.15, -0.1) is 0 Å². The Kier molecular flexibility index (Phi) is 9.79. The van der Waals surface area contributed by atoms with Crippen LogP contribution < -0.4 is 5.73 Å². The van der Waals surface area contributed by atoms with Crippen molar-refractivity contribution in [1.82, 2.24) is 4.98 Å². The van der Waals surface area contributed by atoms with Gasteiger partial charge in [0.15, 0.2) is 12.0 Å². The Hall–Kier alpha value is -2.03. The first-order valence-corrected chi connectivity index (χ1v) is 7.98. The fraction of sp³-hybridized carbons (Fsp3) is 0.235. The minimum atomic E-state index is -0.514. The normalized spacial score (nSPS) is 10.1. The number of nitrogen functional groups attached to an aromatic ring is 1. The second kappa shape index (κ2) is 11.6. The summed E-state index contributed by atoms with van der Waals surface area (Å²) in [7, 11) is 4.53. The van der Waals surface area contributed by atoms with E-state index in [0.29, 0.717) is 15.7 Å². The molecular weight excluding hydrogens is 383 g/mol. The maximum absolute atomic E-state index is 8.86. The molecule has 3 rings (SSSR count). The van der Waals surface area contributed by atoms with Gasteiger partial charge in [-0.3, -0.25) is 0 Å². The van der Waals surface area contributed by atoms with Crippen LogP contribution in [0.5, 0.6) is 5.75 Å². The van der Waals surface area contributed by atoms with E-state index in [2.05, 4.69) is 19.2 Å². The molecule has 0 bridgehead atoms. The molecule has 3 N–H and O–H groups in total. The number of hydrogen-bond acceptors (Lipinski definition) is 7. The summed E-state index contributed by atoms with van der Waals surface area (Å²) in [4.78, 5) is 3.93. The zero-order valence-electron chi connectivity index (χ0n) is 14.5. The van der Waals surface area contributed by atoms with Gasteiger partial charge >= 0.3 is 0 Å². The Morgan fingerprint density at radius 1 is 1.00 bits per heavy atom. The largest absolute Gasteiger partial charge is 0.506 e. The van der Waals surface area contributed by atoms with Crippen molar-refractivity contribution in [1.29, 1.82) is 0 Å². The number of methoxy groups -OCH3 is 3. The summed E-state index contributed by atoms with van der Waals surface area (Å²) >= 11 is 11.2. The number of hydrogen-bond donors (Lipinski definition) is 2. The third-order valence-electron chi connectivity index (χ3n) is 2.86. The number of anilines is 1. The molecule has 3 aromatic rings. The molecule has 0 fully saturated rings. The fourth-order valence-electron chi connectivity index (χ4n) is 1.65. The molecule has 0 unspecified atom stereocenters. The summed E-state index contributed by atoms with van der Waals surface area (Å²) < 4.78 is 18.8. The van der Waals surface area contributed by atoms with E-state index in [4.69, 9.17) is 38.5 Å². The van der Waals surface area contributed by atoms with E-state index in [0.717, 1.165) is 11.1 Å². The van der Waals surface area contributed by atoms with Gasteiger partial charge in [-0.2, -0.15) is 0 Å². The molecule has 0 aliphatic carbocycles. The summed E-state index contributed by atoms with van der Waals surface area (Å²) in [5, 5.41) is 10.1. The minimum absolute atomic E-state index is 0.0689. The van der Waals surface area contributed by atoms with E-state index < -0.39 is 6.48 Å². The average molecular weight is 403 g/mol. The van der Waals surface area contributed by atoms with Crippen LogP contribution in [0.4, 0.5) is 5.69 Å². The Bertz CT molecular complexity index is 788. The van der Waals surface area contributed by atoms with Crippen LogP contribution in [0.15, 0.2) is 47.2 Å². The molecule has 7 nitrogen and oxygen atoms in total.